The molecule has 0 radical (unpaired) electrons. The van der Waals surface area contributed by atoms with Gasteiger partial charge in [-0.05, 0) is 30.3 Å². The Labute approximate surface area is 130 Å². The van der Waals surface area contributed by atoms with E-state index in [0.29, 0.717) is 16.6 Å². The number of hydrogen-bond donors (Lipinski definition) is 0. The number of ketones is 1. The van der Waals surface area contributed by atoms with Gasteiger partial charge in [-0.2, -0.15) is 13.2 Å². The van der Waals surface area contributed by atoms with Gasteiger partial charge >= 0.3 is 6.18 Å². The van der Waals surface area contributed by atoms with Crippen molar-refractivity contribution in [3.05, 3.63) is 68.4 Å². The fourth-order valence-electron chi connectivity index (χ4n) is 1.71. The summed E-state index contributed by atoms with van der Waals surface area (Å²) in [5, 5.41) is 0.286. The maximum Gasteiger partial charge on any atom is 0.419 e. The minimum absolute atomic E-state index is 0.140. The zero-order valence-corrected chi connectivity index (χ0v) is 12.5. The van der Waals surface area contributed by atoms with Gasteiger partial charge in [0.2, 0.25) is 0 Å². The molecule has 0 amide bonds. The molecule has 0 atom stereocenters. The van der Waals surface area contributed by atoms with Crippen molar-refractivity contribution in [2.45, 2.75) is 6.18 Å². The van der Waals surface area contributed by atoms with Gasteiger partial charge in [-0.25, -0.2) is 4.39 Å². The van der Waals surface area contributed by atoms with E-state index in [2.05, 4.69) is 15.9 Å². The first-order valence-corrected chi connectivity index (χ1v) is 6.74. The summed E-state index contributed by atoms with van der Waals surface area (Å²) in [6.07, 6.45) is -4.80. The summed E-state index contributed by atoms with van der Waals surface area (Å²) in [4.78, 5) is 12.2. The quantitative estimate of drug-likeness (QED) is 0.496. The molecule has 0 fully saturated rings. The highest BCUT2D eigenvalue weighted by molar-refractivity contribution is 9.10. The topological polar surface area (TPSA) is 17.1 Å². The molecular weight excluding hydrogens is 376 g/mol. The van der Waals surface area contributed by atoms with Crippen molar-refractivity contribution < 1.29 is 22.4 Å². The fraction of sp³-hybridized carbons (Fsp3) is 0.0714. The molecule has 0 N–H and O–H groups in total. The highest BCUT2D eigenvalue weighted by Crippen LogP contribution is 2.32. The van der Waals surface area contributed by atoms with Crippen LogP contribution in [-0.2, 0) is 6.18 Å². The molecular formula is C14H6BrClF4O. The Morgan fingerprint density at radius 3 is 2.33 bits per heavy atom. The molecule has 0 saturated heterocycles. The molecule has 0 aliphatic rings. The van der Waals surface area contributed by atoms with E-state index in [9.17, 15) is 22.4 Å². The monoisotopic (exact) mass is 380 g/mol. The van der Waals surface area contributed by atoms with Gasteiger partial charge in [0.1, 0.15) is 5.82 Å². The number of benzene rings is 2. The standard InChI is InChI=1S/C14H6BrClF4O/c15-11-4-2-8(16)6-9(11)13(21)7-1-3-10(12(17)5-7)14(18,19)20/h1-6H. The van der Waals surface area contributed by atoms with E-state index < -0.39 is 23.3 Å². The first-order chi connectivity index (χ1) is 9.70. The highest BCUT2D eigenvalue weighted by atomic mass is 79.9. The van der Waals surface area contributed by atoms with Crippen LogP contribution in [-0.4, -0.2) is 5.78 Å². The molecule has 2 aromatic carbocycles. The third-order valence-electron chi connectivity index (χ3n) is 2.71. The SMILES string of the molecule is O=C(c1ccc(C(F)(F)F)c(F)c1)c1cc(Cl)ccc1Br. The largest absolute Gasteiger partial charge is 0.419 e. The first-order valence-electron chi connectivity index (χ1n) is 5.56. The van der Waals surface area contributed by atoms with E-state index in [-0.39, 0.29) is 16.1 Å². The van der Waals surface area contributed by atoms with Crippen LogP contribution in [0.1, 0.15) is 21.5 Å². The van der Waals surface area contributed by atoms with Gasteiger partial charge < -0.3 is 0 Å². The van der Waals surface area contributed by atoms with Crippen molar-refractivity contribution in [1.29, 1.82) is 0 Å². The third kappa shape index (κ3) is 3.44. The summed E-state index contributed by atoms with van der Waals surface area (Å²) in [5.41, 5.74) is -1.46. The second-order valence-corrected chi connectivity index (χ2v) is 5.44. The van der Waals surface area contributed by atoms with Gasteiger partial charge in [-0.1, -0.05) is 33.6 Å². The molecule has 1 nitrogen and oxygen atoms in total. The summed E-state index contributed by atoms with van der Waals surface area (Å²) in [7, 11) is 0. The van der Waals surface area contributed by atoms with Crippen molar-refractivity contribution in [2.24, 2.45) is 0 Å². The number of alkyl halides is 3. The van der Waals surface area contributed by atoms with Gasteiger partial charge in [0.25, 0.3) is 0 Å². The van der Waals surface area contributed by atoms with E-state index in [1.165, 1.54) is 18.2 Å². The second-order valence-electron chi connectivity index (χ2n) is 4.15. The van der Waals surface area contributed by atoms with Crippen molar-refractivity contribution in [3.63, 3.8) is 0 Å². The molecule has 0 aliphatic heterocycles. The van der Waals surface area contributed by atoms with Crippen molar-refractivity contribution >= 4 is 33.3 Å². The Balaban J connectivity index is 2.45. The average Bonchev–Trinajstić information content (AvgIpc) is 2.39. The lowest BCUT2D eigenvalue weighted by Gasteiger charge is -2.09. The molecule has 7 heteroatoms. The van der Waals surface area contributed by atoms with Gasteiger partial charge in [0.15, 0.2) is 5.78 Å². The molecule has 0 bridgehead atoms. The number of rotatable bonds is 2. The Kier molecular flexibility index (Phi) is 4.39. The zero-order chi connectivity index (χ0) is 15.8. The molecule has 2 rings (SSSR count). The number of carbonyl (C=O) groups excluding carboxylic acids is 1. The molecule has 0 heterocycles. The predicted octanol–water partition coefficient (Wildman–Crippen LogP) is 5.49. The Hall–Kier alpha value is -1.40. The summed E-state index contributed by atoms with van der Waals surface area (Å²) in [6.45, 7) is 0. The first kappa shape index (κ1) is 16.0. The Morgan fingerprint density at radius 1 is 1.10 bits per heavy atom. The predicted molar refractivity (Wildman–Crippen MR) is 74.0 cm³/mol. The van der Waals surface area contributed by atoms with Crippen LogP contribution in [0, 0.1) is 5.82 Å². The minimum Gasteiger partial charge on any atom is -0.289 e. The lowest BCUT2D eigenvalue weighted by atomic mass is 10.0. The third-order valence-corrected chi connectivity index (χ3v) is 3.64. The molecule has 2 aromatic rings. The summed E-state index contributed by atoms with van der Waals surface area (Å²) in [6, 6.07) is 6.45. The number of halogens is 6. The van der Waals surface area contributed by atoms with Crippen LogP contribution in [0.15, 0.2) is 40.9 Å². The zero-order valence-electron chi connectivity index (χ0n) is 10.1. The van der Waals surface area contributed by atoms with Crippen molar-refractivity contribution in [3.8, 4) is 0 Å². The second kappa shape index (κ2) is 5.77. The van der Waals surface area contributed by atoms with E-state index in [1.807, 2.05) is 0 Å². The number of carbonyl (C=O) groups is 1. The fourth-order valence-corrected chi connectivity index (χ4v) is 2.31. The Bertz CT molecular complexity index is 713. The van der Waals surface area contributed by atoms with Crippen LogP contribution in [0.25, 0.3) is 0 Å². The average molecular weight is 382 g/mol. The minimum atomic E-state index is -4.80. The summed E-state index contributed by atoms with van der Waals surface area (Å²) < 4.78 is 51.3. The lowest BCUT2D eigenvalue weighted by Crippen LogP contribution is -2.10. The molecule has 110 valence electrons. The molecule has 0 spiro atoms. The van der Waals surface area contributed by atoms with Gasteiger partial charge in [0.05, 0.1) is 5.56 Å². The van der Waals surface area contributed by atoms with E-state index in [0.717, 1.165) is 6.07 Å². The highest BCUT2D eigenvalue weighted by Gasteiger charge is 2.34. The molecule has 0 aromatic heterocycles. The van der Waals surface area contributed by atoms with Crippen LogP contribution in [0.3, 0.4) is 0 Å². The summed E-state index contributed by atoms with van der Waals surface area (Å²) in [5.74, 6) is -2.12. The van der Waals surface area contributed by atoms with Gasteiger partial charge in [-0.15, -0.1) is 0 Å². The summed E-state index contributed by atoms with van der Waals surface area (Å²) >= 11 is 8.91. The molecule has 0 saturated carbocycles. The molecule has 21 heavy (non-hydrogen) atoms. The van der Waals surface area contributed by atoms with Crippen LogP contribution < -0.4 is 0 Å². The smallest absolute Gasteiger partial charge is 0.289 e. The van der Waals surface area contributed by atoms with Crippen molar-refractivity contribution in [1.82, 2.24) is 0 Å². The van der Waals surface area contributed by atoms with Gasteiger partial charge in [0, 0.05) is 20.6 Å². The van der Waals surface area contributed by atoms with Crippen LogP contribution in [0.4, 0.5) is 17.6 Å². The van der Waals surface area contributed by atoms with Crippen LogP contribution in [0.5, 0.6) is 0 Å². The molecule has 0 unspecified atom stereocenters. The normalized spacial score (nSPS) is 11.5. The number of hydrogen-bond acceptors (Lipinski definition) is 1. The van der Waals surface area contributed by atoms with Crippen molar-refractivity contribution in [2.75, 3.05) is 0 Å². The van der Waals surface area contributed by atoms with E-state index >= 15 is 0 Å². The maximum atomic E-state index is 13.5. The molecule has 0 aliphatic carbocycles. The van der Waals surface area contributed by atoms with Gasteiger partial charge in [-0.3, -0.25) is 4.79 Å². The Morgan fingerprint density at radius 2 is 1.76 bits per heavy atom. The maximum absolute atomic E-state index is 13.5. The van der Waals surface area contributed by atoms with Crippen LogP contribution in [0.2, 0.25) is 5.02 Å². The van der Waals surface area contributed by atoms with E-state index in [4.69, 9.17) is 11.6 Å². The van der Waals surface area contributed by atoms with E-state index in [1.54, 1.807) is 0 Å². The lowest BCUT2D eigenvalue weighted by molar-refractivity contribution is -0.140. The van der Waals surface area contributed by atoms with Crippen LogP contribution >= 0.6 is 27.5 Å².